The summed E-state index contributed by atoms with van der Waals surface area (Å²) in [6.45, 7) is 8.06. The van der Waals surface area contributed by atoms with Gasteiger partial charge in [-0.1, -0.05) is 11.8 Å². The van der Waals surface area contributed by atoms with Gasteiger partial charge in [0.15, 0.2) is 0 Å². The van der Waals surface area contributed by atoms with E-state index in [9.17, 15) is 13.2 Å². The molecule has 1 nitrogen and oxygen atoms in total. The highest BCUT2D eigenvalue weighted by Crippen LogP contribution is 2.23. The maximum atomic E-state index is 11.5. The summed E-state index contributed by atoms with van der Waals surface area (Å²) >= 11 is 1.03. The zero-order chi connectivity index (χ0) is 8.91. The third kappa shape index (κ3) is 7.53. The molecular formula is C6H8F3NS. The highest BCUT2D eigenvalue weighted by molar-refractivity contribution is 7.99. The topological polar surface area (TPSA) is 4.36 Å². The summed E-state index contributed by atoms with van der Waals surface area (Å²) in [7, 11) is 0. The van der Waals surface area contributed by atoms with E-state index in [1.54, 1.807) is 6.92 Å². The van der Waals surface area contributed by atoms with E-state index < -0.39 is 12.6 Å². The highest BCUT2D eigenvalue weighted by Gasteiger charge is 2.26. The van der Waals surface area contributed by atoms with Crippen LogP contribution in [0.4, 0.5) is 13.2 Å². The number of thioether (sulfide) groups is 1. The van der Waals surface area contributed by atoms with Gasteiger partial charge in [-0.15, -0.1) is 0 Å². The zero-order valence-electron chi connectivity index (χ0n) is 5.98. The molecule has 0 bridgehead atoms. The Balaban J connectivity index is 3.37. The third-order valence-electron chi connectivity index (χ3n) is 0.926. The molecule has 0 aromatic heterocycles. The lowest BCUT2D eigenvalue weighted by Crippen LogP contribution is -2.09. The van der Waals surface area contributed by atoms with Crippen molar-refractivity contribution in [3.63, 3.8) is 0 Å². The number of rotatable bonds is 3. The molecule has 1 atom stereocenters. The Hall–Kier alpha value is -0.370. The number of hydrogen-bond donors (Lipinski definition) is 0. The number of alkyl halides is 3. The van der Waals surface area contributed by atoms with Crippen LogP contribution < -0.4 is 0 Å². The minimum absolute atomic E-state index is 0.0208. The molecule has 0 aliphatic rings. The average molecular weight is 183 g/mol. The minimum Gasteiger partial charge on any atom is -0.302 e. The molecule has 0 spiro atoms. The van der Waals surface area contributed by atoms with Gasteiger partial charge in [0.1, 0.15) is 0 Å². The number of nitrogens with zero attached hydrogens (tertiary/aromatic N) is 1. The van der Waals surface area contributed by atoms with Gasteiger partial charge in [-0.2, -0.15) is 13.2 Å². The van der Waals surface area contributed by atoms with Crippen LogP contribution in [0.15, 0.2) is 0 Å². The molecule has 0 heterocycles. The van der Waals surface area contributed by atoms with E-state index in [2.05, 4.69) is 4.85 Å². The van der Waals surface area contributed by atoms with Crippen molar-refractivity contribution in [2.24, 2.45) is 0 Å². The van der Waals surface area contributed by atoms with E-state index >= 15 is 0 Å². The predicted molar refractivity (Wildman–Crippen MR) is 39.2 cm³/mol. The Morgan fingerprint density at radius 1 is 1.55 bits per heavy atom. The third-order valence-corrected chi connectivity index (χ3v) is 1.95. The Morgan fingerprint density at radius 3 is 2.45 bits per heavy atom. The summed E-state index contributed by atoms with van der Waals surface area (Å²) in [6, 6.07) is 0. The Kier molecular flexibility index (Phi) is 4.34. The Morgan fingerprint density at radius 2 is 2.09 bits per heavy atom. The fourth-order valence-corrected chi connectivity index (χ4v) is 1.15. The van der Waals surface area contributed by atoms with Crippen molar-refractivity contribution < 1.29 is 13.2 Å². The zero-order valence-corrected chi connectivity index (χ0v) is 6.80. The summed E-state index contributed by atoms with van der Waals surface area (Å²) in [4.78, 5) is 3.05. The minimum atomic E-state index is -4.09. The highest BCUT2D eigenvalue weighted by atomic mass is 32.2. The maximum absolute atomic E-state index is 11.5. The van der Waals surface area contributed by atoms with Crippen LogP contribution in [0.2, 0.25) is 0 Å². The summed E-state index contributed by atoms with van der Waals surface area (Å²) in [6.07, 6.45) is -4.90. The second-order valence-electron chi connectivity index (χ2n) is 1.96. The lowest BCUT2D eigenvalue weighted by atomic mass is 10.5. The van der Waals surface area contributed by atoms with Crippen molar-refractivity contribution in [1.29, 1.82) is 0 Å². The normalized spacial score (nSPS) is 14.1. The lowest BCUT2D eigenvalue weighted by molar-refractivity contribution is -0.129. The molecule has 0 N–H and O–H groups in total. The predicted octanol–water partition coefficient (Wildman–Crippen LogP) is 2.94. The van der Waals surface area contributed by atoms with Crippen LogP contribution in [0.1, 0.15) is 13.3 Å². The lowest BCUT2D eigenvalue weighted by Gasteiger charge is -2.04. The SMILES string of the molecule is [C-]#[N+]C(C)SCCC(F)(F)F. The molecule has 0 aromatic carbocycles. The number of hydrogen-bond acceptors (Lipinski definition) is 1. The summed E-state index contributed by atoms with van der Waals surface area (Å²) in [5.74, 6) is -0.0208. The van der Waals surface area contributed by atoms with Gasteiger partial charge >= 0.3 is 6.18 Å². The molecule has 64 valence electrons. The average Bonchev–Trinajstić information content (AvgIpc) is 1.85. The van der Waals surface area contributed by atoms with Gasteiger partial charge in [-0.3, -0.25) is 0 Å². The van der Waals surface area contributed by atoms with Crippen molar-refractivity contribution in [1.82, 2.24) is 0 Å². The summed E-state index contributed by atoms with van der Waals surface area (Å²) in [5.41, 5.74) is 0. The van der Waals surface area contributed by atoms with E-state index in [-0.39, 0.29) is 11.1 Å². The molecule has 0 saturated carbocycles. The standard InChI is InChI=1S/C6H8F3NS/c1-5(10-2)11-4-3-6(7,8)9/h5H,3-4H2,1H3. The monoisotopic (exact) mass is 183 g/mol. The molecule has 0 aliphatic carbocycles. The molecule has 0 amide bonds. The summed E-state index contributed by atoms with van der Waals surface area (Å²) in [5, 5.41) is -0.364. The van der Waals surface area contributed by atoms with Gasteiger partial charge in [0.2, 0.25) is 0 Å². The van der Waals surface area contributed by atoms with Crippen LogP contribution in [0.5, 0.6) is 0 Å². The van der Waals surface area contributed by atoms with E-state index in [1.807, 2.05) is 0 Å². The first kappa shape index (κ1) is 10.6. The molecule has 0 fully saturated rings. The van der Waals surface area contributed by atoms with Crippen LogP contribution in [0, 0.1) is 6.57 Å². The van der Waals surface area contributed by atoms with Crippen molar-refractivity contribution in [2.45, 2.75) is 24.9 Å². The van der Waals surface area contributed by atoms with Crippen LogP contribution >= 0.6 is 11.8 Å². The molecule has 0 rings (SSSR count). The van der Waals surface area contributed by atoms with Gasteiger partial charge < -0.3 is 4.85 Å². The van der Waals surface area contributed by atoms with E-state index in [4.69, 9.17) is 6.57 Å². The van der Waals surface area contributed by atoms with Gasteiger partial charge in [-0.05, 0) is 0 Å². The second kappa shape index (κ2) is 4.50. The fraction of sp³-hybridized carbons (Fsp3) is 0.833. The van der Waals surface area contributed by atoms with Crippen LogP contribution in [-0.4, -0.2) is 17.3 Å². The van der Waals surface area contributed by atoms with Crippen molar-refractivity contribution >= 4 is 11.8 Å². The molecule has 0 aromatic rings. The van der Waals surface area contributed by atoms with Crippen molar-refractivity contribution in [2.75, 3.05) is 5.75 Å². The van der Waals surface area contributed by atoms with Gasteiger partial charge in [-0.25, -0.2) is 6.57 Å². The molecular weight excluding hydrogens is 175 g/mol. The van der Waals surface area contributed by atoms with Gasteiger partial charge in [0, 0.05) is 12.7 Å². The van der Waals surface area contributed by atoms with E-state index in [0.717, 1.165) is 11.8 Å². The largest absolute Gasteiger partial charge is 0.389 e. The van der Waals surface area contributed by atoms with Gasteiger partial charge in [0.25, 0.3) is 5.37 Å². The van der Waals surface area contributed by atoms with Gasteiger partial charge in [0.05, 0.1) is 6.42 Å². The molecule has 5 heteroatoms. The molecule has 0 aliphatic heterocycles. The van der Waals surface area contributed by atoms with E-state index in [1.165, 1.54) is 0 Å². The van der Waals surface area contributed by atoms with E-state index in [0.29, 0.717) is 0 Å². The van der Waals surface area contributed by atoms with Crippen molar-refractivity contribution in [3.8, 4) is 0 Å². The smallest absolute Gasteiger partial charge is 0.302 e. The second-order valence-corrected chi connectivity index (χ2v) is 3.39. The Bertz CT molecular complexity index is 149. The first-order valence-electron chi connectivity index (χ1n) is 3.00. The number of halogens is 3. The van der Waals surface area contributed by atoms with Crippen LogP contribution in [0.25, 0.3) is 4.85 Å². The first-order chi connectivity index (χ1) is 4.95. The molecule has 0 radical (unpaired) electrons. The van der Waals surface area contributed by atoms with Crippen LogP contribution in [-0.2, 0) is 0 Å². The Labute approximate surface area is 67.8 Å². The fourth-order valence-electron chi connectivity index (χ4n) is 0.382. The molecule has 11 heavy (non-hydrogen) atoms. The molecule has 1 unspecified atom stereocenters. The molecule has 0 saturated heterocycles. The summed E-state index contributed by atoms with van der Waals surface area (Å²) < 4.78 is 34.6. The quantitative estimate of drug-likeness (QED) is 0.608. The van der Waals surface area contributed by atoms with Crippen molar-refractivity contribution in [3.05, 3.63) is 11.4 Å². The van der Waals surface area contributed by atoms with Crippen LogP contribution in [0.3, 0.4) is 0 Å². The maximum Gasteiger partial charge on any atom is 0.389 e. The first-order valence-corrected chi connectivity index (χ1v) is 4.05.